The summed E-state index contributed by atoms with van der Waals surface area (Å²) in [5, 5.41) is 19.0. The number of aromatic amines is 1. The van der Waals surface area contributed by atoms with Gasteiger partial charge in [0.25, 0.3) is 0 Å². The van der Waals surface area contributed by atoms with Crippen LogP contribution in [0.1, 0.15) is 57.1 Å². The average Bonchev–Trinajstić information content (AvgIpc) is 3.19. The highest BCUT2D eigenvalue weighted by Gasteiger charge is 2.31. The number of rotatable bonds is 12. The standard InChI is InChI=1S/C33H42FN5O5/c1-21(2)17-27(38-33(44)39-15-7-3-4-8-16-39)30(40)36-28(19-23-20-35-26-10-6-5-9-25(23)26)31(41)37-29(32(42)43)18-22-11-13-24(34)14-12-22/h5-6,9-14,20-21,27-29,35H,3-4,7-8,15-19H2,1-2H3,(H,36,40)(H,37,41)(H,38,44)(H,42,43)/t27-,28+,29+/m0/s1. The molecule has 0 radical (unpaired) electrons. The van der Waals surface area contributed by atoms with Gasteiger partial charge < -0.3 is 30.9 Å². The topological polar surface area (TPSA) is 144 Å². The van der Waals surface area contributed by atoms with Gasteiger partial charge in [0.05, 0.1) is 0 Å². The number of carboxylic acid groups (broad SMARTS) is 1. The van der Waals surface area contributed by atoms with E-state index in [2.05, 4.69) is 20.9 Å². The molecule has 1 fully saturated rings. The van der Waals surface area contributed by atoms with Crippen molar-refractivity contribution in [1.29, 1.82) is 0 Å². The first kappa shape index (κ1) is 32.5. The Hall–Kier alpha value is -4.41. The molecule has 0 saturated carbocycles. The lowest BCUT2D eigenvalue weighted by molar-refractivity contribution is -0.142. The van der Waals surface area contributed by atoms with Crippen LogP contribution in [0.2, 0.25) is 0 Å². The Kier molecular flexibility index (Phi) is 11.3. The summed E-state index contributed by atoms with van der Waals surface area (Å²) in [4.78, 5) is 57.6. The lowest BCUT2D eigenvalue weighted by atomic mass is 10.00. The molecule has 236 valence electrons. The van der Waals surface area contributed by atoms with E-state index in [1.54, 1.807) is 11.1 Å². The van der Waals surface area contributed by atoms with Gasteiger partial charge in [-0.15, -0.1) is 0 Å². The SMILES string of the molecule is CC(C)C[C@H](NC(=O)N1CCCCCC1)C(=O)N[C@H](Cc1c[nH]c2ccccc12)C(=O)N[C@H](Cc1ccc(F)cc1)C(=O)O. The van der Waals surface area contributed by atoms with Gasteiger partial charge in [-0.2, -0.15) is 0 Å². The molecule has 1 aromatic heterocycles. The number of benzene rings is 2. The lowest BCUT2D eigenvalue weighted by Crippen LogP contribution is -2.58. The molecule has 0 unspecified atom stereocenters. The van der Waals surface area contributed by atoms with Crippen LogP contribution in [0.3, 0.4) is 0 Å². The summed E-state index contributed by atoms with van der Waals surface area (Å²) >= 11 is 0. The molecule has 3 atom stereocenters. The summed E-state index contributed by atoms with van der Waals surface area (Å²) in [5.74, 6) is -2.84. The van der Waals surface area contributed by atoms with Gasteiger partial charge in [-0.25, -0.2) is 14.0 Å². The van der Waals surface area contributed by atoms with E-state index in [0.717, 1.165) is 42.1 Å². The van der Waals surface area contributed by atoms with Gasteiger partial charge in [0, 0.05) is 43.0 Å². The van der Waals surface area contributed by atoms with Crippen LogP contribution in [0.25, 0.3) is 10.9 Å². The van der Waals surface area contributed by atoms with Crippen LogP contribution in [-0.4, -0.2) is 70.0 Å². The second-order valence-corrected chi connectivity index (χ2v) is 11.9. The Balaban J connectivity index is 1.55. The molecule has 3 aromatic rings. The molecule has 4 rings (SSSR count). The minimum Gasteiger partial charge on any atom is -0.480 e. The van der Waals surface area contributed by atoms with Gasteiger partial charge in [0.1, 0.15) is 23.9 Å². The van der Waals surface area contributed by atoms with E-state index in [1.165, 1.54) is 24.3 Å². The molecule has 1 aliphatic rings. The fourth-order valence-corrected chi connectivity index (χ4v) is 5.55. The van der Waals surface area contributed by atoms with Crippen molar-refractivity contribution in [1.82, 2.24) is 25.8 Å². The Morgan fingerprint density at radius 2 is 1.48 bits per heavy atom. The third-order valence-electron chi connectivity index (χ3n) is 7.91. The molecule has 11 heteroatoms. The highest BCUT2D eigenvalue weighted by molar-refractivity contribution is 5.94. The molecule has 1 saturated heterocycles. The number of nitrogens with one attached hydrogen (secondary N) is 4. The number of para-hydroxylation sites is 1. The number of urea groups is 1. The fraction of sp³-hybridized carbons (Fsp3) is 0.455. The lowest BCUT2D eigenvalue weighted by Gasteiger charge is -2.28. The van der Waals surface area contributed by atoms with Gasteiger partial charge in [0.15, 0.2) is 0 Å². The number of fused-ring (bicyclic) bond motifs is 1. The number of H-pyrrole nitrogens is 1. The maximum atomic E-state index is 13.7. The largest absolute Gasteiger partial charge is 0.480 e. The Morgan fingerprint density at radius 1 is 0.841 bits per heavy atom. The number of likely N-dealkylation sites (tertiary alicyclic amines) is 1. The van der Waals surface area contributed by atoms with Crippen LogP contribution < -0.4 is 16.0 Å². The van der Waals surface area contributed by atoms with E-state index in [-0.39, 0.29) is 24.8 Å². The van der Waals surface area contributed by atoms with Gasteiger partial charge in [0.2, 0.25) is 11.8 Å². The molecule has 2 aromatic carbocycles. The zero-order valence-corrected chi connectivity index (χ0v) is 25.3. The number of nitrogens with zero attached hydrogens (tertiary/aromatic N) is 1. The number of carbonyl (C=O) groups excluding carboxylic acids is 3. The maximum Gasteiger partial charge on any atom is 0.326 e. The number of aliphatic carboxylic acids is 1. The Labute approximate surface area is 256 Å². The predicted molar refractivity (Wildman–Crippen MR) is 165 cm³/mol. The summed E-state index contributed by atoms with van der Waals surface area (Å²) in [7, 11) is 0. The third kappa shape index (κ3) is 9.05. The number of carboxylic acids is 1. The first-order valence-corrected chi connectivity index (χ1v) is 15.3. The zero-order valence-electron chi connectivity index (χ0n) is 25.3. The first-order valence-electron chi connectivity index (χ1n) is 15.3. The van der Waals surface area contributed by atoms with Gasteiger partial charge in [-0.3, -0.25) is 9.59 Å². The summed E-state index contributed by atoms with van der Waals surface area (Å²) in [6.45, 7) is 5.14. The quantitative estimate of drug-likeness (QED) is 0.210. The number of hydrogen-bond donors (Lipinski definition) is 5. The molecular formula is C33H42FN5O5. The monoisotopic (exact) mass is 607 g/mol. The molecule has 1 aliphatic heterocycles. The number of amides is 4. The minimum absolute atomic E-state index is 0.0724. The molecule has 0 bridgehead atoms. The predicted octanol–water partition coefficient (Wildman–Crippen LogP) is 4.15. The normalized spacial score (nSPS) is 15.7. The van der Waals surface area contributed by atoms with Crippen molar-refractivity contribution in [3.05, 3.63) is 71.7 Å². The van der Waals surface area contributed by atoms with Crippen LogP contribution >= 0.6 is 0 Å². The highest BCUT2D eigenvalue weighted by Crippen LogP contribution is 2.20. The summed E-state index contributed by atoms with van der Waals surface area (Å²) in [6, 6.07) is 9.27. The van der Waals surface area contributed by atoms with Crippen molar-refractivity contribution >= 4 is 34.7 Å². The van der Waals surface area contributed by atoms with E-state index < -0.39 is 41.7 Å². The second kappa shape index (κ2) is 15.4. The van der Waals surface area contributed by atoms with Gasteiger partial charge >= 0.3 is 12.0 Å². The van der Waals surface area contributed by atoms with Crippen LogP contribution in [0.4, 0.5) is 9.18 Å². The van der Waals surface area contributed by atoms with Crippen molar-refractivity contribution in [3.8, 4) is 0 Å². The smallest absolute Gasteiger partial charge is 0.326 e. The van der Waals surface area contributed by atoms with Crippen molar-refractivity contribution in [2.24, 2.45) is 5.92 Å². The summed E-state index contributed by atoms with van der Waals surface area (Å²) in [6.07, 6.45) is 6.06. The number of halogens is 1. The van der Waals surface area contributed by atoms with E-state index >= 15 is 0 Å². The van der Waals surface area contributed by atoms with E-state index in [1.807, 2.05) is 38.1 Å². The molecule has 4 amide bonds. The van der Waals surface area contributed by atoms with Crippen LogP contribution in [0, 0.1) is 11.7 Å². The molecular weight excluding hydrogens is 565 g/mol. The molecule has 5 N–H and O–H groups in total. The van der Waals surface area contributed by atoms with Crippen molar-refractivity contribution < 1.29 is 28.7 Å². The average molecular weight is 608 g/mol. The Morgan fingerprint density at radius 3 is 2.14 bits per heavy atom. The summed E-state index contributed by atoms with van der Waals surface area (Å²) in [5.41, 5.74) is 2.15. The molecule has 0 aliphatic carbocycles. The van der Waals surface area contributed by atoms with Gasteiger partial charge in [-0.1, -0.05) is 57.0 Å². The summed E-state index contributed by atoms with van der Waals surface area (Å²) < 4.78 is 13.4. The second-order valence-electron chi connectivity index (χ2n) is 11.9. The minimum atomic E-state index is -1.32. The molecule has 10 nitrogen and oxygen atoms in total. The van der Waals surface area contributed by atoms with Crippen LogP contribution in [-0.2, 0) is 27.2 Å². The highest BCUT2D eigenvalue weighted by atomic mass is 19.1. The van der Waals surface area contributed by atoms with Crippen LogP contribution in [0.15, 0.2) is 54.7 Å². The molecule has 2 heterocycles. The first-order chi connectivity index (χ1) is 21.1. The van der Waals surface area contributed by atoms with E-state index in [4.69, 9.17) is 0 Å². The van der Waals surface area contributed by atoms with E-state index in [0.29, 0.717) is 25.1 Å². The molecule has 0 spiro atoms. The van der Waals surface area contributed by atoms with Gasteiger partial charge in [-0.05, 0) is 54.5 Å². The fourth-order valence-electron chi connectivity index (χ4n) is 5.55. The van der Waals surface area contributed by atoms with Crippen LogP contribution in [0.5, 0.6) is 0 Å². The number of aromatic nitrogens is 1. The Bertz CT molecular complexity index is 1430. The number of carbonyl (C=O) groups is 4. The maximum absolute atomic E-state index is 13.7. The molecule has 44 heavy (non-hydrogen) atoms. The van der Waals surface area contributed by atoms with Crippen molar-refractivity contribution in [2.75, 3.05) is 13.1 Å². The third-order valence-corrected chi connectivity index (χ3v) is 7.91. The van der Waals surface area contributed by atoms with Crippen molar-refractivity contribution in [2.45, 2.75) is 76.9 Å². The zero-order chi connectivity index (χ0) is 31.6. The van der Waals surface area contributed by atoms with E-state index in [9.17, 15) is 28.7 Å². The number of hydrogen-bond acceptors (Lipinski definition) is 4. The van der Waals surface area contributed by atoms with Crippen molar-refractivity contribution in [3.63, 3.8) is 0 Å².